The number of hydrogen-bond acceptors (Lipinski definition) is 5. The normalized spacial score (nSPS) is 16.8. The van der Waals surface area contributed by atoms with Gasteiger partial charge in [-0.2, -0.15) is 0 Å². The number of guanidine groups is 1. The molecule has 2 N–H and O–H groups in total. The van der Waals surface area contributed by atoms with Crippen LogP contribution in [0.1, 0.15) is 60.3 Å². The van der Waals surface area contributed by atoms with Gasteiger partial charge in [0.05, 0.1) is 0 Å². The fraction of sp³-hybridized carbons (Fsp3) is 0.913. The van der Waals surface area contributed by atoms with Crippen molar-refractivity contribution in [2.75, 3.05) is 53.6 Å². The predicted molar refractivity (Wildman–Crippen MR) is 126 cm³/mol. The first-order valence-electron chi connectivity index (χ1n) is 11.7. The molecule has 0 aromatic rings. The lowest BCUT2D eigenvalue weighted by Gasteiger charge is -2.28. The lowest BCUT2D eigenvalue weighted by Crippen LogP contribution is -2.45. The summed E-state index contributed by atoms with van der Waals surface area (Å²) in [5.41, 5.74) is -0.497. The van der Waals surface area contributed by atoms with Crippen LogP contribution in [0.5, 0.6) is 0 Å². The third-order valence-electron chi connectivity index (χ3n) is 5.30. The van der Waals surface area contributed by atoms with E-state index in [9.17, 15) is 4.79 Å². The molecule has 1 aliphatic rings. The molecule has 1 rings (SSSR count). The van der Waals surface area contributed by atoms with Crippen LogP contribution in [-0.2, 0) is 14.2 Å². The third-order valence-corrected chi connectivity index (χ3v) is 5.30. The summed E-state index contributed by atoms with van der Waals surface area (Å²) in [7, 11) is 3.81. The van der Waals surface area contributed by atoms with Crippen molar-refractivity contribution >= 4 is 12.1 Å². The fourth-order valence-corrected chi connectivity index (χ4v) is 3.39. The van der Waals surface area contributed by atoms with Crippen LogP contribution < -0.4 is 10.6 Å². The van der Waals surface area contributed by atoms with Crippen LogP contribution in [0.15, 0.2) is 4.99 Å². The van der Waals surface area contributed by atoms with Gasteiger partial charge in [0.15, 0.2) is 5.96 Å². The average Bonchev–Trinajstić information content (AvgIpc) is 2.69. The smallest absolute Gasteiger partial charge is 0.407 e. The molecule has 0 spiro atoms. The van der Waals surface area contributed by atoms with Gasteiger partial charge in [-0.1, -0.05) is 13.8 Å². The summed E-state index contributed by atoms with van der Waals surface area (Å²) in [4.78, 5) is 18.6. The maximum atomic E-state index is 12.1. The average molecular weight is 443 g/mol. The van der Waals surface area contributed by atoms with Gasteiger partial charge < -0.3 is 29.7 Å². The molecular formula is C23H46N4O4. The zero-order valence-electron chi connectivity index (χ0n) is 20.8. The van der Waals surface area contributed by atoms with E-state index in [0.29, 0.717) is 11.8 Å². The number of nitrogens with one attached hydrogen (secondary N) is 2. The first-order chi connectivity index (χ1) is 14.6. The molecule has 0 aromatic carbocycles. The Morgan fingerprint density at radius 1 is 1.26 bits per heavy atom. The Morgan fingerprint density at radius 3 is 2.52 bits per heavy atom. The van der Waals surface area contributed by atoms with Crippen LogP contribution in [0.3, 0.4) is 0 Å². The molecule has 1 atom stereocenters. The highest BCUT2D eigenvalue weighted by molar-refractivity contribution is 5.79. The highest BCUT2D eigenvalue weighted by atomic mass is 16.6. The maximum Gasteiger partial charge on any atom is 0.407 e. The van der Waals surface area contributed by atoms with Crippen LogP contribution in [0.2, 0.25) is 0 Å². The summed E-state index contributed by atoms with van der Waals surface area (Å²) in [6.45, 7) is 14.7. The van der Waals surface area contributed by atoms with Gasteiger partial charge in [0.25, 0.3) is 0 Å². The number of rotatable bonds is 11. The molecule has 1 saturated heterocycles. The number of carbonyl (C=O) groups excluding carboxylic acids is 1. The zero-order valence-corrected chi connectivity index (χ0v) is 20.8. The lowest BCUT2D eigenvalue weighted by atomic mass is 10.0. The molecule has 0 bridgehead atoms. The van der Waals surface area contributed by atoms with E-state index in [1.807, 2.05) is 27.8 Å². The monoisotopic (exact) mass is 442 g/mol. The Balaban J connectivity index is 2.28. The SMILES string of the molecule is CN=C(NCCCOCC1CCOCC1)N(C)CCC(NC(=O)OC(C)(C)C)C(C)C. The van der Waals surface area contributed by atoms with Crippen molar-refractivity contribution in [1.29, 1.82) is 0 Å². The Labute approximate surface area is 189 Å². The first-order valence-corrected chi connectivity index (χ1v) is 11.7. The summed E-state index contributed by atoms with van der Waals surface area (Å²) in [5.74, 6) is 1.80. The number of amides is 1. The van der Waals surface area contributed by atoms with E-state index < -0.39 is 5.60 Å². The van der Waals surface area contributed by atoms with Crippen LogP contribution in [0.4, 0.5) is 4.79 Å². The van der Waals surface area contributed by atoms with Crippen molar-refractivity contribution in [3.8, 4) is 0 Å². The summed E-state index contributed by atoms with van der Waals surface area (Å²) >= 11 is 0. The number of alkyl carbamates (subject to hydrolysis) is 1. The van der Waals surface area contributed by atoms with Crippen molar-refractivity contribution < 1.29 is 19.0 Å². The number of hydrogen-bond donors (Lipinski definition) is 2. The minimum Gasteiger partial charge on any atom is -0.444 e. The number of ether oxygens (including phenoxy) is 3. The van der Waals surface area contributed by atoms with Gasteiger partial charge in [-0.05, 0) is 58.3 Å². The molecule has 0 aliphatic carbocycles. The fourth-order valence-electron chi connectivity index (χ4n) is 3.39. The molecule has 182 valence electrons. The van der Waals surface area contributed by atoms with Gasteiger partial charge in [-0.15, -0.1) is 0 Å². The minimum atomic E-state index is -0.497. The topological polar surface area (TPSA) is 84.4 Å². The first kappa shape index (κ1) is 27.5. The van der Waals surface area contributed by atoms with E-state index >= 15 is 0 Å². The molecule has 31 heavy (non-hydrogen) atoms. The van der Waals surface area contributed by atoms with E-state index in [2.05, 4.69) is 34.4 Å². The Kier molecular flexibility index (Phi) is 12.9. The summed E-state index contributed by atoms with van der Waals surface area (Å²) < 4.78 is 16.6. The molecule has 1 fully saturated rings. The molecule has 1 amide bonds. The molecule has 1 heterocycles. The standard InChI is InChI=1S/C23H46N4O4/c1-18(2)20(26-22(28)31-23(3,4)5)9-13-27(7)21(24-6)25-12-8-14-30-17-19-10-15-29-16-11-19/h18-20H,8-17H2,1-7H3,(H,24,25)(H,26,28). The van der Waals surface area contributed by atoms with Crippen molar-refractivity contribution in [1.82, 2.24) is 15.5 Å². The van der Waals surface area contributed by atoms with E-state index in [1.54, 1.807) is 7.05 Å². The molecule has 1 aliphatic heterocycles. The molecule has 8 nitrogen and oxygen atoms in total. The second-order valence-electron chi connectivity index (χ2n) is 9.67. The molecule has 1 unspecified atom stereocenters. The van der Waals surface area contributed by atoms with E-state index in [-0.39, 0.29) is 12.1 Å². The molecular weight excluding hydrogens is 396 g/mol. The molecule has 0 radical (unpaired) electrons. The molecule has 0 saturated carbocycles. The van der Waals surface area contributed by atoms with Gasteiger partial charge in [0.2, 0.25) is 0 Å². The van der Waals surface area contributed by atoms with Gasteiger partial charge in [0, 0.05) is 59.7 Å². The van der Waals surface area contributed by atoms with Crippen molar-refractivity contribution in [2.24, 2.45) is 16.8 Å². The second-order valence-corrected chi connectivity index (χ2v) is 9.67. The number of nitrogens with zero attached hydrogens (tertiary/aromatic N) is 2. The predicted octanol–water partition coefficient (Wildman–Crippen LogP) is 3.27. The number of carbonyl (C=O) groups is 1. The highest BCUT2D eigenvalue weighted by Gasteiger charge is 2.22. The van der Waals surface area contributed by atoms with Gasteiger partial charge in [-0.25, -0.2) is 4.79 Å². The van der Waals surface area contributed by atoms with Gasteiger partial charge in [0.1, 0.15) is 5.60 Å². The van der Waals surface area contributed by atoms with E-state index in [0.717, 1.165) is 71.2 Å². The van der Waals surface area contributed by atoms with Crippen LogP contribution in [0.25, 0.3) is 0 Å². The summed E-state index contributed by atoms with van der Waals surface area (Å²) in [6, 6.07) is 0.0361. The van der Waals surface area contributed by atoms with Crippen molar-refractivity contribution in [3.63, 3.8) is 0 Å². The summed E-state index contributed by atoms with van der Waals surface area (Å²) in [5, 5.41) is 6.40. The number of aliphatic imine (C=N–C) groups is 1. The summed E-state index contributed by atoms with van der Waals surface area (Å²) in [6.07, 6.45) is 3.59. The third kappa shape index (κ3) is 12.8. The van der Waals surface area contributed by atoms with Crippen molar-refractivity contribution in [3.05, 3.63) is 0 Å². The Bertz CT molecular complexity index is 528. The maximum absolute atomic E-state index is 12.1. The molecule has 0 aromatic heterocycles. The minimum absolute atomic E-state index is 0.0361. The van der Waals surface area contributed by atoms with Gasteiger partial charge >= 0.3 is 6.09 Å². The largest absolute Gasteiger partial charge is 0.444 e. The van der Waals surface area contributed by atoms with Gasteiger partial charge in [-0.3, -0.25) is 4.99 Å². The molecule has 8 heteroatoms. The van der Waals surface area contributed by atoms with Crippen LogP contribution in [0, 0.1) is 11.8 Å². The lowest BCUT2D eigenvalue weighted by molar-refractivity contribution is 0.0203. The zero-order chi connectivity index (χ0) is 23.3. The highest BCUT2D eigenvalue weighted by Crippen LogP contribution is 2.14. The quantitative estimate of drug-likeness (QED) is 0.290. The van der Waals surface area contributed by atoms with Crippen molar-refractivity contribution in [2.45, 2.75) is 71.9 Å². The van der Waals surface area contributed by atoms with Crippen LogP contribution >= 0.6 is 0 Å². The van der Waals surface area contributed by atoms with E-state index in [1.165, 1.54) is 0 Å². The Hall–Kier alpha value is -1.54. The second kappa shape index (κ2) is 14.5. The van der Waals surface area contributed by atoms with E-state index in [4.69, 9.17) is 14.2 Å². The van der Waals surface area contributed by atoms with Crippen LogP contribution in [-0.4, -0.2) is 82.2 Å². The Morgan fingerprint density at radius 2 is 1.94 bits per heavy atom.